The van der Waals surface area contributed by atoms with E-state index in [0.717, 1.165) is 107 Å². The maximum Gasteiger partial charge on any atom is 0.219 e. The number of carbonyl (C=O) groups excluding carboxylic acids is 2. The molecule has 0 N–H and O–H groups in total. The molecule has 70 heavy (non-hydrogen) atoms. The Morgan fingerprint density at radius 3 is 1.76 bits per heavy atom. The van der Waals surface area contributed by atoms with Gasteiger partial charge in [0.25, 0.3) is 0 Å². The van der Waals surface area contributed by atoms with Crippen molar-refractivity contribution < 1.29 is 19.1 Å². The Balaban J connectivity index is 0.000000152. The van der Waals surface area contributed by atoms with Gasteiger partial charge in [0.05, 0.1) is 81.3 Å². The van der Waals surface area contributed by atoms with E-state index in [9.17, 15) is 20.1 Å². The molecule has 2 unspecified atom stereocenters. The number of benzene rings is 2. The molecule has 2 aromatic carbocycles. The predicted molar refractivity (Wildman–Crippen MR) is 260 cm³/mol. The van der Waals surface area contributed by atoms with Crippen LogP contribution in [0.25, 0.3) is 22.3 Å². The summed E-state index contributed by atoms with van der Waals surface area (Å²) in [7, 11) is 3.83. The van der Waals surface area contributed by atoms with Crippen LogP contribution in [0, 0.1) is 28.6 Å². The number of hydrogen-bond donors (Lipinski definition) is 0. The highest BCUT2D eigenvalue weighted by Crippen LogP contribution is 2.45. The third-order valence-corrected chi connectivity index (χ3v) is 15.0. The molecule has 6 aliphatic rings. The summed E-state index contributed by atoms with van der Waals surface area (Å²) < 4.78 is 19.3. The van der Waals surface area contributed by atoms with E-state index in [1.54, 1.807) is 23.2 Å². The average Bonchev–Trinajstić information content (AvgIpc) is 4.24. The maximum absolute atomic E-state index is 12.3. The summed E-state index contributed by atoms with van der Waals surface area (Å²) in [6.45, 7) is 9.15. The number of rotatable bonds is 7. The van der Waals surface area contributed by atoms with Gasteiger partial charge in [-0.05, 0) is 72.2 Å². The van der Waals surface area contributed by atoms with Gasteiger partial charge in [-0.1, -0.05) is 12.1 Å². The number of amides is 2. The van der Waals surface area contributed by atoms with Gasteiger partial charge in [-0.15, -0.1) is 0 Å². The van der Waals surface area contributed by atoms with Crippen LogP contribution in [0.2, 0.25) is 0 Å². The Morgan fingerprint density at radius 1 is 0.714 bits per heavy atom. The molecule has 4 atom stereocenters. The van der Waals surface area contributed by atoms with Crippen molar-refractivity contribution in [3.63, 3.8) is 0 Å². The molecule has 0 spiro atoms. The van der Waals surface area contributed by atoms with E-state index < -0.39 is 0 Å². The number of aromatic nitrogens is 8. The van der Waals surface area contributed by atoms with Crippen molar-refractivity contribution in [1.29, 1.82) is 10.5 Å². The summed E-state index contributed by atoms with van der Waals surface area (Å²) in [6, 6.07) is 18.2. The highest BCUT2D eigenvalue weighted by molar-refractivity contribution is 5.79. The van der Waals surface area contributed by atoms with Crippen LogP contribution in [-0.4, -0.2) is 113 Å². The lowest BCUT2D eigenvalue weighted by molar-refractivity contribution is -0.130. The second-order valence-electron chi connectivity index (χ2n) is 19.5. The summed E-state index contributed by atoms with van der Waals surface area (Å²) in [5.74, 6) is 1.76. The molecular weight excluding hydrogens is 885 g/mol. The Kier molecular flexibility index (Phi) is 12.0. The molecule has 6 aliphatic heterocycles. The smallest absolute Gasteiger partial charge is 0.219 e. The van der Waals surface area contributed by atoms with E-state index in [2.05, 4.69) is 77.9 Å². The number of nitrogens with zero attached hydrogens (tertiary/aromatic N) is 14. The van der Waals surface area contributed by atoms with Gasteiger partial charge < -0.3 is 29.1 Å². The first-order valence-corrected chi connectivity index (χ1v) is 24.5. The molecule has 4 aromatic heterocycles. The minimum atomic E-state index is -0.144. The summed E-state index contributed by atoms with van der Waals surface area (Å²) >= 11 is 0. The highest BCUT2D eigenvalue weighted by atomic mass is 16.5. The molecule has 2 amide bonds. The van der Waals surface area contributed by atoms with Gasteiger partial charge >= 0.3 is 0 Å². The van der Waals surface area contributed by atoms with Crippen molar-refractivity contribution in [1.82, 2.24) is 48.9 Å². The summed E-state index contributed by atoms with van der Waals surface area (Å²) in [5, 5.41) is 38.5. The van der Waals surface area contributed by atoms with Crippen LogP contribution >= 0.6 is 0 Å². The van der Waals surface area contributed by atoms with Crippen LogP contribution in [0.3, 0.4) is 0 Å². The molecule has 10 heterocycles. The molecular formula is C52H58N14O4. The fourth-order valence-corrected chi connectivity index (χ4v) is 11.4. The van der Waals surface area contributed by atoms with Gasteiger partial charge in [-0.2, -0.15) is 30.9 Å². The van der Waals surface area contributed by atoms with Crippen molar-refractivity contribution >= 4 is 34.8 Å². The normalized spacial score (nSPS) is 21.3. The molecule has 0 radical (unpaired) electrons. The zero-order valence-corrected chi connectivity index (χ0v) is 40.3. The van der Waals surface area contributed by atoms with Gasteiger partial charge in [0, 0.05) is 131 Å². The minimum absolute atomic E-state index is 0.000805. The third-order valence-electron chi connectivity index (χ3n) is 15.0. The van der Waals surface area contributed by atoms with E-state index in [4.69, 9.17) is 19.7 Å². The second kappa shape index (κ2) is 18.6. The average molecular weight is 943 g/mol. The standard InChI is InChI=1S/2C26H29N7O2/c1-17(34)31-9-6-25-23(15-31)26(29-33(25)22-7-10-35-16-22)32-21(5-8-27)12-19-11-18(3-4-24(19)32)20-13-28-30(2)14-20;1-17(34)31-7-5-25-23(15-31)26(29-33(25)22-6-8-35-16-22)32-13-18(11-27)9-20-10-19(3-4-24(20)32)21-12-28-30(2)14-21/h3-4,11,13-14,21-22H,5-7,9-10,12,15-16H2,1-2H3;3-4,10,12,14,18,22H,5-9,13,15-16H2,1-2H3/t21?,22-;18?,22-/m00/s1. The number of fused-ring (bicyclic) bond motifs is 4. The van der Waals surface area contributed by atoms with Crippen molar-refractivity contribution in [2.75, 3.05) is 55.9 Å². The summed E-state index contributed by atoms with van der Waals surface area (Å²) in [4.78, 5) is 32.7. The second-order valence-corrected chi connectivity index (χ2v) is 19.5. The van der Waals surface area contributed by atoms with Crippen LogP contribution in [-0.2, 0) is 71.9 Å². The number of anilines is 4. The quantitative estimate of drug-likeness (QED) is 0.179. The Hall–Kier alpha value is -7.28. The van der Waals surface area contributed by atoms with Crippen LogP contribution in [0.4, 0.5) is 23.0 Å². The van der Waals surface area contributed by atoms with Crippen molar-refractivity contribution in [3.8, 4) is 34.4 Å². The SMILES string of the molecule is CC(=O)N1CCc2c(c(N3CC(C#N)Cc4cc(-c5cnn(C)c5)ccc43)nn2[C@H]2CCOC2)C1.CC(=O)N1CCc2c(c(N3c4ccc(-c5cnn(C)c5)cc4CC3CC#N)nn2[C@H]2CCOC2)C1. The Bertz CT molecular complexity index is 3060. The van der Waals surface area contributed by atoms with Gasteiger partial charge in [0.15, 0.2) is 11.6 Å². The topological polar surface area (TPSA) is 184 Å². The Morgan fingerprint density at radius 2 is 1.26 bits per heavy atom. The molecule has 2 saturated heterocycles. The van der Waals surface area contributed by atoms with Crippen molar-refractivity contribution in [2.24, 2.45) is 20.0 Å². The van der Waals surface area contributed by atoms with E-state index in [0.29, 0.717) is 58.8 Å². The molecule has 0 bridgehead atoms. The van der Waals surface area contributed by atoms with Crippen molar-refractivity contribution in [2.45, 2.75) is 90.0 Å². The van der Waals surface area contributed by atoms with Gasteiger partial charge in [0.1, 0.15) is 0 Å². The number of carbonyl (C=O) groups is 2. The van der Waals surface area contributed by atoms with Crippen molar-refractivity contribution in [3.05, 3.63) is 94.8 Å². The number of hydrogen-bond acceptors (Lipinski definition) is 12. The molecule has 2 fully saturated rings. The first kappa shape index (κ1) is 45.2. The number of ether oxygens (including phenoxy) is 2. The molecule has 0 saturated carbocycles. The Labute approximate surface area is 407 Å². The largest absolute Gasteiger partial charge is 0.379 e. The third kappa shape index (κ3) is 8.28. The minimum Gasteiger partial charge on any atom is -0.379 e. The first-order chi connectivity index (χ1) is 34.0. The number of aryl methyl sites for hydroxylation is 2. The van der Waals surface area contributed by atoms with Crippen LogP contribution in [0.1, 0.15) is 78.8 Å². The van der Waals surface area contributed by atoms with Crippen LogP contribution < -0.4 is 9.80 Å². The van der Waals surface area contributed by atoms with E-state index in [-0.39, 0.29) is 35.9 Å². The molecule has 6 aromatic rings. The number of nitriles is 2. The molecule has 0 aliphatic carbocycles. The monoisotopic (exact) mass is 942 g/mol. The lowest BCUT2D eigenvalue weighted by atomic mass is 9.91. The molecule has 18 heteroatoms. The van der Waals surface area contributed by atoms with Gasteiger partial charge in [0.2, 0.25) is 11.8 Å². The van der Waals surface area contributed by atoms with Gasteiger partial charge in [-0.3, -0.25) is 28.3 Å². The van der Waals surface area contributed by atoms with Gasteiger partial charge in [-0.25, -0.2) is 0 Å². The fourth-order valence-electron chi connectivity index (χ4n) is 11.4. The molecule has 18 nitrogen and oxygen atoms in total. The molecule has 12 rings (SSSR count). The lowest BCUT2D eigenvalue weighted by Gasteiger charge is -2.34. The summed E-state index contributed by atoms with van der Waals surface area (Å²) in [5.41, 5.74) is 13.4. The zero-order valence-electron chi connectivity index (χ0n) is 40.3. The maximum atomic E-state index is 12.3. The lowest BCUT2D eigenvalue weighted by Crippen LogP contribution is -2.36. The molecule has 360 valence electrons. The summed E-state index contributed by atoms with van der Waals surface area (Å²) in [6.07, 6.45) is 13.1. The van der Waals surface area contributed by atoms with Crippen LogP contribution in [0.5, 0.6) is 0 Å². The van der Waals surface area contributed by atoms with E-state index in [1.165, 1.54) is 17.0 Å². The van der Waals surface area contributed by atoms with E-state index >= 15 is 0 Å². The first-order valence-electron chi connectivity index (χ1n) is 24.5. The predicted octanol–water partition coefficient (Wildman–Crippen LogP) is 6.11. The van der Waals surface area contributed by atoms with E-state index in [1.807, 2.05) is 48.7 Å². The fraction of sp³-hybridized carbons (Fsp3) is 0.462. The highest BCUT2D eigenvalue weighted by Gasteiger charge is 2.39. The zero-order chi connectivity index (χ0) is 48.2. The van der Waals surface area contributed by atoms with Crippen LogP contribution in [0.15, 0.2) is 61.2 Å².